The number of carbonyl (C=O) groups is 2. The maximum absolute atomic E-state index is 11.7. The molecule has 0 amide bonds. The van der Waals surface area contributed by atoms with Crippen molar-refractivity contribution in [2.45, 2.75) is 32.8 Å². The van der Waals surface area contributed by atoms with Crippen molar-refractivity contribution in [2.75, 3.05) is 20.3 Å². The summed E-state index contributed by atoms with van der Waals surface area (Å²) >= 11 is 0. The van der Waals surface area contributed by atoms with Crippen LogP contribution >= 0.6 is 0 Å². The van der Waals surface area contributed by atoms with Gasteiger partial charge in [0.25, 0.3) is 0 Å². The Morgan fingerprint density at radius 3 is 2.25 bits per heavy atom. The van der Waals surface area contributed by atoms with Crippen molar-refractivity contribution in [3.05, 3.63) is 59.7 Å². The lowest BCUT2D eigenvalue weighted by molar-refractivity contribution is -0.157. The first-order valence-electron chi connectivity index (χ1n) is 9.02. The zero-order valence-electron chi connectivity index (χ0n) is 16.7. The Kier molecular flexibility index (Phi) is 7.44. The van der Waals surface area contributed by atoms with E-state index in [0.717, 1.165) is 5.56 Å². The number of rotatable bonds is 8. The number of esters is 2. The van der Waals surface area contributed by atoms with Gasteiger partial charge in [0.2, 0.25) is 0 Å². The molecule has 6 heteroatoms. The van der Waals surface area contributed by atoms with Gasteiger partial charge in [-0.25, -0.2) is 9.59 Å². The van der Waals surface area contributed by atoms with Crippen molar-refractivity contribution in [1.29, 1.82) is 0 Å². The van der Waals surface area contributed by atoms with Crippen molar-refractivity contribution in [3.8, 4) is 11.5 Å². The van der Waals surface area contributed by atoms with Crippen LogP contribution in [0.15, 0.2) is 48.5 Å². The Hall–Kier alpha value is -3.02. The van der Waals surface area contributed by atoms with Crippen LogP contribution in [0.25, 0.3) is 0 Å². The molecule has 2 aromatic rings. The van der Waals surface area contributed by atoms with Crippen molar-refractivity contribution < 1.29 is 28.5 Å². The van der Waals surface area contributed by atoms with Crippen molar-refractivity contribution in [1.82, 2.24) is 0 Å². The molecule has 0 aromatic heterocycles. The number of ether oxygens (including phenoxy) is 4. The van der Waals surface area contributed by atoms with Gasteiger partial charge < -0.3 is 18.9 Å². The molecule has 0 heterocycles. The van der Waals surface area contributed by atoms with Gasteiger partial charge in [-0.1, -0.05) is 24.3 Å². The fourth-order valence-corrected chi connectivity index (χ4v) is 2.42. The van der Waals surface area contributed by atoms with Crippen LogP contribution in [-0.4, -0.2) is 37.9 Å². The SMILES string of the molecule is COC(=O)c1ccccc1OCCc1ccc(OCC(=O)OC(C)(C)C)cc1. The lowest BCUT2D eigenvalue weighted by Gasteiger charge is -2.19. The fraction of sp³-hybridized carbons (Fsp3) is 0.364. The first kappa shape index (κ1) is 21.3. The van der Waals surface area contributed by atoms with E-state index in [9.17, 15) is 9.59 Å². The lowest BCUT2D eigenvalue weighted by Crippen LogP contribution is -2.27. The van der Waals surface area contributed by atoms with Crippen molar-refractivity contribution in [2.24, 2.45) is 0 Å². The molecule has 2 aromatic carbocycles. The van der Waals surface area contributed by atoms with E-state index in [2.05, 4.69) is 0 Å². The molecule has 0 radical (unpaired) electrons. The average Bonchev–Trinajstić information content (AvgIpc) is 2.66. The van der Waals surface area contributed by atoms with Crippen LogP contribution in [-0.2, 0) is 20.7 Å². The van der Waals surface area contributed by atoms with Crippen LogP contribution in [0.4, 0.5) is 0 Å². The average molecular weight is 386 g/mol. The summed E-state index contributed by atoms with van der Waals surface area (Å²) in [6.07, 6.45) is 0.655. The van der Waals surface area contributed by atoms with Crippen molar-refractivity contribution in [3.63, 3.8) is 0 Å². The van der Waals surface area contributed by atoms with Gasteiger partial charge in [-0.2, -0.15) is 0 Å². The predicted molar refractivity (Wildman–Crippen MR) is 105 cm³/mol. The van der Waals surface area contributed by atoms with Crippen LogP contribution in [0.3, 0.4) is 0 Å². The second-order valence-corrected chi connectivity index (χ2v) is 7.11. The highest BCUT2D eigenvalue weighted by molar-refractivity contribution is 5.92. The molecular formula is C22H26O6. The molecule has 0 N–H and O–H groups in total. The number of carbonyl (C=O) groups excluding carboxylic acids is 2. The monoisotopic (exact) mass is 386 g/mol. The van der Waals surface area contributed by atoms with E-state index in [-0.39, 0.29) is 6.61 Å². The number of benzene rings is 2. The molecule has 0 aliphatic heterocycles. The molecule has 0 saturated carbocycles. The lowest BCUT2D eigenvalue weighted by atomic mass is 10.1. The molecule has 0 bridgehead atoms. The Labute approximate surface area is 165 Å². The molecule has 0 unspecified atom stereocenters. The largest absolute Gasteiger partial charge is 0.492 e. The summed E-state index contributed by atoms with van der Waals surface area (Å²) in [5, 5.41) is 0. The van der Waals surface area contributed by atoms with Gasteiger partial charge in [-0.3, -0.25) is 0 Å². The molecule has 0 aliphatic carbocycles. The number of para-hydroxylation sites is 1. The highest BCUT2D eigenvalue weighted by Gasteiger charge is 2.16. The van der Waals surface area contributed by atoms with E-state index >= 15 is 0 Å². The third-order valence-corrected chi connectivity index (χ3v) is 3.64. The fourth-order valence-electron chi connectivity index (χ4n) is 2.42. The number of hydrogen-bond donors (Lipinski definition) is 0. The first-order valence-corrected chi connectivity index (χ1v) is 9.02. The highest BCUT2D eigenvalue weighted by atomic mass is 16.6. The van der Waals surface area contributed by atoms with Crippen molar-refractivity contribution >= 4 is 11.9 Å². The molecular weight excluding hydrogens is 360 g/mol. The quantitative estimate of drug-likeness (QED) is 0.643. The zero-order chi connectivity index (χ0) is 20.6. The predicted octanol–water partition coefficient (Wildman–Crippen LogP) is 3.82. The van der Waals surface area contributed by atoms with Crippen LogP contribution in [0.1, 0.15) is 36.7 Å². The topological polar surface area (TPSA) is 71.1 Å². The molecule has 0 aliphatic rings. The van der Waals surface area contributed by atoms with Gasteiger partial charge in [0.05, 0.1) is 13.7 Å². The Bertz CT molecular complexity index is 789. The summed E-state index contributed by atoms with van der Waals surface area (Å²) in [6, 6.07) is 14.4. The molecule has 2 rings (SSSR count). The van der Waals surface area contributed by atoms with Gasteiger partial charge in [0, 0.05) is 6.42 Å². The van der Waals surface area contributed by atoms with Gasteiger partial charge in [0.15, 0.2) is 6.61 Å². The second kappa shape index (κ2) is 9.78. The zero-order valence-corrected chi connectivity index (χ0v) is 16.7. The Balaban J connectivity index is 1.82. The molecule has 6 nitrogen and oxygen atoms in total. The maximum Gasteiger partial charge on any atom is 0.344 e. The standard InChI is InChI=1S/C22H26O6/c1-22(2,3)28-20(23)15-27-17-11-9-16(10-12-17)13-14-26-19-8-6-5-7-18(19)21(24)25-4/h5-12H,13-15H2,1-4H3. The van der Waals surface area contributed by atoms with E-state index in [4.69, 9.17) is 18.9 Å². The summed E-state index contributed by atoms with van der Waals surface area (Å²) in [5.41, 5.74) is 0.910. The van der Waals surface area contributed by atoms with E-state index in [0.29, 0.717) is 30.1 Å². The summed E-state index contributed by atoms with van der Waals surface area (Å²) in [4.78, 5) is 23.4. The van der Waals surface area contributed by atoms with E-state index in [1.165, 1.54) is 7.11 Å². The molecule has 0 fully saturated rings. The van der Waals surface area contributed by atoms with Gasteiger partial charge in [-0.05, 0) is 50.6 Å². The van der Waals surface area contributed by atoms with E-state index < -0.39 is 17.5 Å². The molecule has 0 saturated heterocycles. The Morgan fingerprint density at radius 2 is 1.61 bits per heavy atom. The third kappa shape index (κ3) is 6.95. The molecule has 150 valence electrons. The smallest absolute Gasteiger partial charge is 0.344 e. The summed E-state index contributed by atoms with van der Waals surface area (Å²) < 4.78 is 21.1. The van der Waals surface area contributed by atoms with E-state index in [1.54, 1.807) is 36.4 Å². The third-order valence-electron chi connectivity index (χ3n) is 3.64. The highest BCUT2D eigenvalue weighted by Crippen LogP contribution is 2.19. The molecule has 0 atom stereocenters. The normalized spacial score (nSPS) is 10.9. The minimum Gasteiger partial charge on any atom is -0.492 e. The first-order chi connectivity index (χ1) is 13.3. The maximum atomic E-state index is 11.7. The van der Waals surface area contributed by atoms with Crippen LogP contribution in [0.5, 0.6) is 11.5 Å². The number of methoxy groups -OCH3 is 1. The Morgan fingerprint density at radius 1 is 0.929 bits per heavy atom. The molecule has 28 heavy (non-hydrogen) atoms. The minimum absolute atomic E-state index is 0.135. The summed E-state index contributed by atoms with van der Waals surface area (Å²) in [5.74, 6) is 0.245. The minimum atomic E-state index is -0.531. The number of hydrogen-bond acceptors (Lipinski definition) is 6. The van der Waals surface area contributed by atoms with Gasteiger partial charge in [0.1, 0.15) is 22.7 Å². The van der Waals surface area contributed by atoms with E-state index in [1.807, 2.05) is 32.9 Å². The van der Waals surface area contributed by atoms with Gasteiger partial charge >= 0.3 is 11.9 Å². The van der Waals surface area contributed by atoms with Crippen LogP contribution < -0.4 is 9.47 Å². The summed E-state index contributed by atoms with van der Waals surface area (Å²) in [7, 11) is 1.34. The van der Waals surface area contributed by atoms with Crippen LogP contribution in [0.2, 0.25) is 0 Å². The van der Waals surface area contributed by atoms with Gasteiger partial charge in [-0.15, -0.1) is 0 Å². The summed E-state index contributed by atoms with van der Waals surface area (Å²) in [6.45, 7) is 5.71. The molecule has 0 spiro atoms. The van der Waals surface area contributed by atoms with Crippen LogP contribution in [0, 0.1) is 0 Å². The second-order valence-electron chi connectivity index (χ2n) is 7.11.